The molecule has 0 bridgehead atoms. The van der Waals surface area contributed by atoms with E-state index in [9.17, 15) is 10.1 Å². The topological polar surface area (TPSA) is 80.6 Å². The third-order valence-corrected chi connectivity index (χ3v) is 6.24. The van der Waals surface area contributed by atoms with E-state index in [1.807, 2.05) is 37.3 Å². The summed E-state index contributed by atoms with van der Waals surface area (Å²) in [5, 5.41) is 13.3. The van der Waals surface area contributed by atoms with Crippen LogP contribution in [0.4, 0.5) is 0 Å². The first-order chi connectivity index (χ1) is 15.5. The van der Waals surface area contributed by atoms with E-state index in [1.54, 1.807) is 21.3 Å². The lowest BCUT2D eigenvalue weighted by molar-refractivity contribution is -0.116. The second kappa shape index (κ2) is 8.80. The van der Waals surface area contributed by atoms with E-state index in [1.165, 1.54) is 0 Å². The number of carbonyl (C=O) groups excluding carboxylic acids is 1. The van der Waals surface area contributed by atoms with Crippen molar-refractivity contribution in [2.24, 2.45) is 0 Å². The van der Waals surface area contributed by atoms with Crippen LogP contribution in [0.2, 0.25) is 0 Å². The molecule has 0 saturated heterocycles. The van der Waals surface area contributed by atoms with E-state index in [4.69, 9.17) is 14.2 Å². The molecule has 6 nitrogen and oxygen atoms in total. The summed E-state index contributed by atoms with van der Waals surface area (Å²) in [7, 11) is 4.65. The van der Waals surface area contributed by atoms with Gasteiger partial charge in [0.05, 0.1) is 38.9 Å². The number of benzene rings is 2. The molecule has 0 radical (unpaired) electrons. The van der Waals surface area contributed by atoms with E-state index in [-0.39, 0.29) is 11.7 Å². The molecule has 1 N–H and O–H groups in total. The van der Waals surface area contributed by atoms with Gasteiger partial charge in [-0.15, -0.1) is 0 Å². The van der Waals surface area contributed by atoms with E-state index in [0.717, 1.165) is 22.5 Å². The number of Topliss-reactive ketones (excluding diaryl/α,β-unsaturated/α-hetero) is 1. The van der Waals surface area contributed by atoms with Crippen LogP contribution in [0.5, 0.6) is 17.2 Å². The molecule has 2 atom stereocenters. The van der Waals surface area contributed by atoms with Crippen LogP contribution in [0.25, 0.3) is 0 Å². The lowest BCUT2D eigenvalue weighted by atomic mass is 9.72. The Hall–Kier alpha value is -3.72. The van der Waals surface area contributed by atoms with Crippen molar-refractivity contribution in [2.45, 2.75) is 31.6 Å². The quantitative estimate of drug-likeness (QED) is 0.747. The van der Waals surface area contributed by atoms with Gasteiger partial charge in [-0.05, 0) is 42.5 Å². The zero-order valence-corrected chi connectivity index (χ0v) is 18.7. The van der Waals surface area contributed by atoms with Crippen molar-refractivity contribution < 1.29 is 19.0 Å². The van der Waals surface area contributed by atoms with Crippen LogP contribution >= 0.6 is 0 Å². The number of rotatable bonds is 5. The number of ether oxygens (including phenoxy) is 3. The van der Waals surface area contributed by atoms with Crippen molar-refractivity contribution in [3.8, 4) is 23.3 Å². The summed E-state index contributed by atoms with van der Waals surface area (Å²) >= 11 is 0. The normalized spacial score (nSPS) is 20.3. The largest absolute Gasteiger partial charge is 0.493 e. The van der Waals surface area contributed by atoms with Crippen LogP contribution in [0.1, 0.15) is 42.7 Å². The lowest BCUT2D eigenvalue weighted by Gasteiger charge is -2.36. The number of allylic oxidation sites excluding steroid dienone is 4. The highest BCUT2D eigenvalue weighted by atomic mass is 16.5. The van der Waals surface area contributed by atoms with Gasteiger partial charge >= 0.3 is 0 Å². The van der Waals surface area contributed by atoms with Gasteiger partial charge < -0.3 is 19.5 Å². The Morgan fingerprint density at radius 2 is 1.62 bits per heavy atom. The smallest absolute Gasteiger partial charge is 0.203 e. The maximum absolute atomic E-state index is 13.5. The number of methoxy groups -OCH3 is 3. The Balaban J connectivity index is 1.85. The average molecular weight is 431 g/mol. The van der Waals surface area contributed by atoms with E-state index >= 15 is 0 Å². The molecule has 2 aromatic rings. The molecule has 0 saturated carbocycles. The molecular formula is C26H26N2O4. The fourth-order valence-corrected chi connectivity index (χ4v) is 4.75. The third-order valence-electron chi connectivity index (χ3n) is 6.24. The van der Waals surface area contributed by atoms with Crippen LogP contribution in [-0.2, 0) is 4.79 Å². The zero-order chi connectivity index (χ0) is 22.8. The van der Waals surface area contributed by atoms with Gasteiger partial charge in [-0.3, -0.25) is 4.79 Å². The number of nitrogens with zero attached hydrogens (tertiary/aromatic N) is 1. The van der Waals surface area contributed by atoms with Crippen molar-refractivity contribution in [3.05, 3.63) is 76.1 Å². The van der Waals surface area contributed by atoms with E-state index in [0.29, 0.717) is 41.2 Å². The molecule has 6 heteroatoms. The molecule has 1 aliphatic heterocycles. The minimum absolute atomic E-state index is 0.0478. The first kappa shape index (κ1) is 21.5. The average Bonchev–Trinajstić information content (AvgIpc) is 2.82. The first-order valence-electron chi connectivity index (χ1n) is 10.5. The fourth-order valence-electron chi connectivity index (χ4n) is 4.75. The van der Waals surface area contributed by atoms with Gasteiger partial charge in [0.25, 0.3) is 0 Å². The van der Waals surface area contributed by atoms with Crippen molar-refractivity contribution >= 4 is 5.78 Å². The van der Waals surface area contributed by atoms with Crippen LogP contribution in [0.15, 0.2) is 65.0 Å². The summed E-state index contributed by atoms with van der Waals surface area (Å²) in [5.41, 5.74) is 4.71. The Bertz CT molecular complexity index is 1130. The molecule has 164 valence electrons. The van der Waals surface area contributed by atoms with Crippen LogP contribution in [-0.4, -0.2) is 27.1 Å². The predicted octanol–water partition coefficient (Wildman–Crippen LogP) is 4.60. The summed E-state index contributed by atoms with van der Waals surface area (Å²) in [6.07, 6.45) is 1.12. The maximum atomic E-state index is 13.5. The fraction of sp³-hybridized carbons (Fsp3) is 0.308. The summed E-state index contributed by atoms with van der Waals surface area (Å²) in [5.74, 6) is 1.11. The van der Waals surface area contributed by atoms with Crippen molar-refractivity contribution in [1.82, 2.24) is 5.32 Å². The Morgan fingerprint density at radius 3 is 2.19 bits per heavy atom. The molecule has 1 aliphatic carbocycles. The van der Waals surface area contributed by atoms with Crippen molar-refractivity contribution in [2.75, 3.05) is 21.3 Å². The summed E-state index contributed by atoms with van der Waals surface area (Å²) < 4.78 is 16.5. The van der Waals surface area contributed by atoms with Gasteiger partial charge in [0, 0.05) is 23.4 Å². The highest BCUT2D eigenvalue weighted by Crippen LogP contribution is 2.48. The standard InChI is InChI=1S/C26H26N2O4/c1-15-19(14-27)24(18-12-22(30-2)26(32-4)23(13-18)31-3)25-20(28-15)10-17(11-21(25)29)16-8-6-5-7-9-16/h5-9,12-13,17,24,28H,10-11H2,1-4H3/t17-,24-/m1/s1. The SMILES string of the molecule is COc1cc([C@@H]2C(C#N)=C(C)NC3=C2C(=O)C[C@H](c2ccccc2)C3)cc(OC)c1OC. The maximum Gasteiger partial charge on any atom is 0.203 e. The van der Waals surface area contributed by atoms with Gasteiger partial charge in [0.15, 0.2) is 17.3 Å². The van der Waals surface area contributed by atoms with Gasteiger partial charge in [-0.2, -0.15) is 5.26 Å². The molecule has 4 rings (SSSR count). The molecule has 2 aliphatic rings. The van der Waals surface area contributed by atoms with Crippen LogP contribution in [0.3, 0.4) is 0 Å². The number of nitrogens with one attached hydrogen (secondary N) is 1. The monoisotopic (exact) mass is 430 g/mol. The molecule has 1 heterocycles. The third kappa shape index (κ3) is 3.60. The summed E-state index contributed by atoms with van der Waals surface area (Å²) in [4.78, 5) is 13.5. The highest BCUT2D eigenvalue weighted by molar-refractivity contribution is 6.00. The molecule has 32 heavy (non-hydrogen) atoms. The Kier molecular flexibility index (Phi) is 5.91. The van der Waals surface area contributed by atoms with E-state index < -0.39 is 5.92 Å². The number of nitriles is 1. The predicted molar refractivity (Wildman–Crippen MR) is 121 cm³/mol. The second-order valence-corrected chi connectivity index (χ2v) is 8.00. The van der Waals surface area contributed by atoms with Gasteiger partial charge in [-0.1, -0.05) is 30.3 Å². The molecule has 0 aromatic heterocycles. The second-order valence-electron chi connectivity index (χ2n) is 8.00. The van der Waals surface area contributed by atoms with Crippen LogP contribution in [0, 0.1) is 11.3 Å². The van der Waals surface area contributed by atoms with Gasteiger partial charge in [0.2, 0.25) is 5.75 Å². The number of hydrogen-bond donors (Lipinski definition) is 1. The minimum atomic E-state index is -0.492. The highest BCUT2D eigenvalue weighted by Gasteiger charge is 2.39. The number of ketones is 1. The molecule has 2 aromatic carbocycles. The van der Waals surface area contributed by atoms with Crippen molar-refractivity contribution in [1.29, 1.82) is 5.26 Å². The molecular weight excluding hydrogens is 404 g/mol. The number of dihydropyridines is 1. The number of hydrogen-bond acceptors (Lipinski definition) is 6. The molecule has 0 unspecified atom stereocenters. The zero-order valence-electron chi connectivity index (χ0n) is 18.7. The minimum Gasteiger partial charge on any atom is -0.493 e. The summed E-state index contributed by atoms with van der Waals surface area (Å²) in [6, 6.07) is 16.1. The van der Waals surface area contributed by atoms with Crippen molar-refractivity contribution in [3.63, 3.8) is 0 Å². The Labute approximate surface area is 188 Å². The molecule has 0 spiro atoms. The molecule has 0 amide bonds. The van der Waals surface area contributed by atoms with Gasteiger partial charge in [-0.25, -0.2) is 0 Å². The Morgan fingerprint density at radius 1 is 0.969 bits per heavy atom. The number of carbonyl (C=O) groups is 1. The lowest BCUT2D eigenvalue weighted by Crippen LogP contribution is -2.33. The van der Waals surface area contributed by atoms with E-state index in [2.05, 4.69) is 23.5 Å². The van der Waals surface area contributed by atoms with Crippen LogP contribution < -0.4 is 19.5 Å². The molecule has 0 fully saturated rings. The van der Waals surface area contributed by atoms with Gasteiger partial charge in [0.1, 0.15) is 0 Å². The summed E-state index contributed by atoms with van der Waals surface area (Å²) in [6.45, 7) is 1.88. The first-order valence-corrected chi connectivity index (χ1v) is 10.5.